The lowest BCUT2D eigenvalue weighted by Crippen LogP contribution is -2.06. The summed E-state index contributed by atoms with van der Waals surface area (Å²) in [5.74, 6) is -0.134. The van der Waals surface area contributed by atoms with Gasteiger partial charge >= 0.3 is 11.9 Å². The van der Waals surface area contributed by atoms with Crippen molar-refractivity contribution in [2.45, 2.75) is 27.7 Å². The van der Waals surface area contributed by atoms with Gasteiger partial charge in [-0.2, -0.15) is 0 Å². The Morgan fingerprint density at radius 3 is 1.47 bits per heavy atom. The largest absolute Gasteiger partial charge is 0.462 e. The summed E-state index contributed by atoms with van der Waals surface area (Å²) in [7, 11) is 0. The van der Waals surface area contributed by atoms with E-state index in [2.05, 4.69) is 9.97 Å². The zero-order chi connectivity index (χ0) is 21.9. The van der Waals surface area contributed by atoms with Crippen LogP contribution in [0.2, 0.25) is 0 Å². The van der Waals surface area contributed by atoms with Gasteiger partial charge in [0.2, 0.25) is 0 Å². The van der Waals surface area contributed by atoms with E-state index in [-0.39, 0.29) is 11.9 Å². The first-order chi connectivity index (χ1) is 14.3. The Balaban J connectivity index is 1.93. The van der Waals surface area contributed by atoms with Gasteiger partial charge in [0, 0.05) is 24.5 Å². The highest BCUT2D eigenvalue weighted by Gasteiger charge is 2.03. The van der Waals surface area contributed by atoms with Crippen LogP contribution >= 0.6 is 0 Å². The average molecular weight is 408 g/mol. The number of aromatic nitrogens is 2. The van der Waals surface area contributed by atoms with Gasteiger partial charge in [-0.1, -0.05) is 39.8 Å². The summed E-state index contributed by atoms with van der Waals surface area (Å²) in [6.45, 7) is 8.74. The van der Waals surface area contributed by atoms with Crippen LogP contribution in [0, 0.1) is 11.8 Å². The summed E-state index contributed by atoms with van der Waals surface area (Å²) < 4.78 is 10.2. The van der Waals surface area contributed by atoms with Gasteiger partial charge in [-0.3, -0.25) is 9.97 Å². The second kappa shape index (κ2) is 11.7. The molecule has 0 aliphatic rings. The number of ether oxygens (including phenoxy) is 2. The van der Waals surface area contributed by atoms with E-state index in [4.69, 9.17) is 9.47 Å². The molecule has 0 saturated carbocycles. The van der Waals surface area contributed by atoms with Gasteiger partial charge in [-0.25, -0.2) is 9.59 Å². The van der Waals surface area contributed by atoms with Crippen molar-refractivity contribution < 1.29 is 19.1 Å². The molecule has 0 fully saturated rings. The van der Waals surface area contributed by atoms with Crippen LogP contribution in [0.1, 0.15) is 38.8 Å². The number of pyridine rings is 2. The zero-order valence-electron chi connectivity index (χ0n) is 17.9. The molecule has 0 aliphatic carbocycles. The fourth-order valence-electron chi connectivity index (χ4n) is 2.23. The first-order valence-corrected chi connectivity index (χ1v) is 9.95. The molecule has 0 bridgehead atoms. The van der Waals surface area contributed by atoms with Gasteiger partial charge in [0.15, 0.2) is 0 Å². The fourth-order valence-corrected chi connectivity index (χ4v) is 2.23. The maximum absolute atomic E-state index is 11.6. The van der Waals surface area contributed by atoms with Crippen LogP contribution in [0.25, 0.3) is 23.5 Å². The maximum atomic E-state index is 11.6. The summed E-state index contributed by atoms with van der Waals surface area (Å²) in [5, 5.41) is 0. The van der Waals surface area contributed by atoms with Crippen LogP contribution in [-0.2, 0) is 19.1 Å². The van der Waals surface area contributed by atoms with E-state index >= 15 is 0 Å². The number of hydrogen-bond acceptors (Lipinski definition) is 6. The summed E-state index contributed by atoms with van der Waals surface area (Å²) in [4.78, 5) is 32.0. The van der Waals surface area contributed by atoms with Crippen LogP contribution in [0.4, 0.5) is 0 Å². The van der Waals surface area contributed by atoms with Crippen LogP contribution in [-0.4, -0.2) is 35.1 Å². The Hall–Kier alpha value is -3.28. The van der Waals surface area contributed by atoms with Crippen molar-refractivity contribution in [1.82, 2.24) is 9.97 Å². The molecule has 0 N–H and O–H groups in total. The first-order valence-electron chi connectivity index (χ1n) is 9.95. The molecule has 2 aromatic rings. The number of rotatable bonds is 9. The van der Waals surface area contributed by atoms with Crippen LogP contribution < -0.4 is 0 Å². The van der Waals surface area contributed by atoms with Crippen molar-refractivity contribution >= 4 is 24.1 Å². The highest BCUT2D eigenvalue weighted by molar-refractivity contribution is 5.87. The molecular formula is C24H28N2O4. The molecule has 0 aromatic carbocycles. The van der Waals surface area contributed by atoms with Gasteiger partial charge in [-0.05, 0) is 47.2 Å². The third-order valence-corrected chi connectivity index (χ3v) is 3.78. The Morgan fingerprint density at radius 2 is 1.17 bits per heavy atom. The number of esters is 2. The number of nitrogens with zero attached hydrogens (tertiary/aromatic N) is 2. The van der Waals surface area contributed by atoms with Crippen molar-refractivity contribution in [2.24, 2.45) is 11.8 Å². The molecule has 0 amide bonds. The van der Waals surface area contributed by atoms with E-state index in [0.29, 0.717) is 36.4 Å². The Kier molecular flexibility index (Phi) is 8.94. The molecule has 0 atom stereocenters. The van der Waals surface area contributed by atoms with Gasteiger partial charge in [0.05, 0.1) is 24.6 Å². The van der Waals surface area contributed by atoms with E-state index in [1.165, 1.54) is 12.2 Å². The quantitative estimate of drug-likeness (QED) is 0.447. The van der Waals surface area contributed by atoms with Crippen molar-refractivity contribution in [3.63, 3.8) is 0 Å². The molecule has 0 unspecified atom stereocenters. The molecule has 158 valence electrons. The van der Waals surface area contributed by atoms with Crippen molar-refractivity contribution in [2.75, 3.05) is 13.2 Å². The van der Waals surface area contributed by atoms with Crippen LogP contribution in [0.5, 0.6) is 0 Å². The molecule has 6 nitrogen and oxygen atoms in total. The molecule has 2 heterocycles. The topological polar surface area (TPSA) is 78.4 Å². The third kappa shape index (κ3) is 8.39. The lowest BCUT2D eigenvalue weighted by Gasteiger charge is -2.04. The van der Waals surface area contributed by atoms with Crippen LogP contribution in [0.3, 0.4) is 0 Å². The standard InChI is InChI=1S/C24H28N2O4/c1-17(2)15-29-23(27)11-7-19-5-9-21(25-13-19)22-10-6-20(14-26-22)8-12-24(28)30-16-18(3)4/h5-14,17-18H,15-16H2,1-4H3/b11-7+,12-8+. The number of carbonyl (C=O) groups excluding carboxylic acids is 2. The Labute approximate surface area is 177 Å². The normalized spacial score (nSPS) is 11.5. The molecular weight excluding hydrogens is 380 g/mol. The lowest BCUT2D eigenvalue weighted by atomic mass is 10.1. The van der Waals surface area contributed by atoms with Gasteiger partial charge in [0.1, 0.15) is 0 Å². The highest BCUT2D eigenvalue weighted by Crippen LogP contribution is 2.16. The number of hydrogen-bond donors (Lipinski definition) is 0. The minimum Gasteiger partial charge on any atom is -0.462 e. The maximum Gasteiger partial charge on any atom is 0.330 e. The Morgan fingerprint density at radius 1 is 0.767 bits per heavy atom. The van der Waals surface area contributed by atoms with E-state index in [9.17, 15) is 9.59 Å². The molecule has 0 saturated heterocycles. The highest BCUT2D eigenvalue weighted by atomic mass is 16.5. The molecule has 0 radical (unpaired) electrons. The minimum atomic E-state index is -0.369. The zero-order valence-corrected chi connectivity index (χ0v) is 17.9. The van der Waals surface area contributed by atoms with E-state index in [1.807, 2.05) is 52.0 Å². The van der Waals surface area contributed by atoms with Crippen molar-refractivity contribution in [1.29, 1.82) is 0 Å². The molecule has 2 aromatic heterocycles. The second-order valence-corrected chi connectivity index (χ2v) is 7.67. The van der Waals surface area contributed by atoms with E-state index in [0.717, 1.165) is 11.1 Å². The smallest absolute Gasteiger partial charge is 0.330 e. The lowest BCUT2D eigenvalue weighted by molar-refractivity contribution is -0.139. The third-order valence-electron chi connectivity index (χ3n) is 3.78. The molecule has 2 rings (SSSR count). The molecule has 30 heavy (non-hydrogen) atoms. The van der Waals surface area contributed by atoms with Crippen LogP contribution in [0.15, 0.2) is 48.8 Å². The monoisotopic (exact) mass is 408 g/mol. The molecule has 0 spiro atoms. The van der Waals surface area contributed by atoms with Gasteiger partial charge in [-0.15, -0.1) is 0 Å². The predicted molar refractivity (Wildman–Crippen MR) is 117 cm³/mol. The van der Waals surface area contributed by atoms with Crippen molar-refractivity contribution in [3.05, 3.63) is 59.9 Å². The second-order valence-electron chi connectivity index (χ2n) is 7.67. The summed E-state index contributed by atoms with van der Waals surface area (Å²) in [5.41, 5.74) is 3.00. The molecule has 0 aliphatic heterocycles. The first kappa shape index (κ1) is 23.0. The molecule has 6 heteroatoms. The number of carbonyl (C=O) groups is 2. The van der Waals surface area contributed by atoms with Gasteiger partial charge in [0.25, 0.3) is 0 Å². The predicted octanol–water partition coefficient (Wildman–Crippen LogP) is 4.57. The van der Waals surface area contributed by atoms with Gasteiger partial charge < -0.3 is 9.47 Å². The van der Waals surface area contributed by atoms with Crippen molar-refractivity contribution in [3.8, 4) is 11.4 Å². The minimum absolute atomic E-state index is 0.302. The Bertz CT molecular complexity index is 807. The van der Waals surface area contributed by atoms with E-state index < -0.39 is 0 Å². The van der Waals surface area contributed by atoms with E-state index in [1.54, 1.807) is 24.5 Å². The average Bonchev–Trinajstić information content (AvgIpc) is 2.74. The summed E-state index contributed by atoms with van der Waals surface area (Å²) in [6.07, 6.45) is 9.46. The fraction of sp³-hybridized carbons (Fsp3) is 0.333. The SMILES string of the molecule is CC(C)COC(=O)/C=C/c1ccc(-c2ccc(/C=C/C(=O)OCC(C)C)cn2)nc1. The summed E-state index contributed by atoms with van der Waals surface area (Å²) >= 11 is 0. The summed E-state index contributed by atoms with van der Waals surface area (Å²) in [6, 6.07) is 7.38.